The molecule has 4 aromatic rings. The highest BCUT2D eigenvalue weighted by Gasteiger charge is 2.17. The number of aryl methyl sites for hydroxylation is 1. The van der Waals surface area contributed by atoms with Gasteiger partial charge in [0.1, 0.15) is 6.07 Å². The molecule has 3 N–H and O–H groups in total. The van der Waals surface area contributed by atoms with Gasteiger partial charge in [-0.15, -0.1) is 0 Å². The lowest BCUT2D eigenvalue weighted by atomic mass is 10.0. The van der Waals surface area contributed by atoms with Crippen LogP contribution in [0.5, 0.6) is 5.88 Å². The Morgan fingerprint density at radius 3 is 2.92 bits per heavy atom. The van der Waals surface area contributed by atoms with Crippen molar-refractivity contribution in [2.75, 3.05) is 5.73 Å². The maximum Gasteiger partial charge on any atom is 0.202 e. The van der Waals surface area contributed by atoms with E-state index in [4.69, 9.17) is 16.0 Å². The van der Waals surface area contributed by atoms with Crippen molar-refractivity contribution in [2.24, 2.45) is 0 Å². The fourth-order valence-electron chi connectivity index (χ4n) is 3.30. The number of hydrogen-bond donors (Lipinski definition) is 2. The first-order chi connectivity index (χ1) is 12.6. The van der Waals surface area contributed by atoms with E-state index < -0.39 is 0 Å². The van der Waals surface area contributed by atoms with Crippen molar-refractivity contribution in [1.29, 1.82) is 5.26 Å². The Bertz CT molecular complexity index is 1190. The van der Waals surface area contributed by atoms with Crippen LogP contribution < -0.4 is 5.73 Å². The topological polar surface area (TPSA) is 101 Å². The van der Waals surface area contributed by atoms with Crippen LogP contribution in [0, 0.1) is 11.3 Å². The van der Waals surface area contributed by atoms with Gasteiger partial charge in [0.25, 0.3) is 0 Å². The second-order valence-electron chi connectivity index (χ2n) is 6.21. The van der Waals surface area contributed by atoms with E-state index in [-0.39, 0.29) is 5.88 Å². The lowest BCUT2D eigenvalue weighted by Gasteiger charge is -2.09. The van der Waals surface area contributed by atoms with Gasteiger partial charge in [-0.2, -0.15) is 5.26 Å². The molecule has 0 aliphatic carbocycles. The molecular weight excluding hydrogens is 326 g/mol. The average Bonchev–Trinajstić information content (AvgIpc) is 2.98. The summed E-state index contributed by atoms with van der Waals surface area (Å²) in [6, 6.07) is 9.60. The van der Waals surface area contributed by atoms with Crippen molar-refractivity contribution in [3.63, 3.8) is 0 Å². The van der Waals surface area contributed by atoms with Crippen LogP contribution in [0.3, 0.4) is 0 Å². The van der Waals surface area contributed by atoms with E-state index in [0.29, 0.717) is 28.7 Å². The summed E-state index contributed by atoms with van der Waals surface area (Å²) >= 11 is 0. The first-order valence-electron chi connectivity index (χ1n) is 8.39. The van der Waals surface area contributed by atoms with Gasteiger partial charge in [0.05, 0.1) is 27.7 Å². The Labute approximate surface area is 150 Å². The summed E-state index contributed by atoms with van der Waals surface area (Å²) in [5, 5.41) is 21.0. The number of aromatic nitrogens is 3. The fourth-order valence-corrected chi connectivity index (χ4v) is 3.30. The molecule has 4 rings (SSSR count). The van der Waals surface area contributed by atoms with Gasteiger partial charge < -0.3 is 15.4 Å². The minimum Gasteiger partial charge on any atom is -0.494 e. The number of rotatable bonds is 3. The minimum atomic E-state index is 0.146. The van der Waals surface area contributed by atoms with Crippen LogP contribution in [-0.2, 0) is 6.54 Å². The number of hydrogen-bond acceptors (Lipinski definition) is 5. The number of nitriles is 1. The fraction of sp³-hybridized carbons (Fsp3) is 0.150. The van der Waals surface area contributed by atoms with E-state index in [1.165, 1.54) is 6.20 Å². The van der Waals surface area contributed by atoms with Crippen molar-refractivity contribution in [1.82, 2.24) is 14.5 Å². The van der Waals surface area contributed by atoms with Crippen LogP contribution in [0.25, 0.3) is 32.9 Å². The molecule has 0 aliphatic heterocycles. The third-order valence-corrected chi connectivity index (χ3v) is 4.50. The van der Waals surface area contributed by atoms with Crippen LogP contribution >= 0.6 is 0 Å². The van der Waals surface area contributed by atoms with Crippen molar-refractivity contribution in [3.05, 3.63) is 48.4 Å². The molecule has 0 fully saturated rings. The third kappa shape index (κ3) is 2.33. The quantitative estimate of drug-likeness (QED) is 0.589. The lowest BCUT2D eigenvalue weighted by Crippen LogP contribution is -1.94. The zero-order valence-corrected chi connectivity index (χ0v) is 14.3. The number of aromatic hydroxyl groups is 1. The lowest BCUT2D eigenvalue weighted by molar-refractivity contribution is 0.421. The smallest absolute Gasteiger partial charge is 0.202 e. The maximum absolute atomic E-state index is 10.5. The first-order valence-corrected chi connectivity index (χ1v) is 8.39. The van der Waals surface area contributed by atoms with E-state index in [0.717, 1.165) is 28.5 Å². The van der Waals surface area contributed by atoms with E-state index in [2.05, 4.69) is 11.1 Å². The van der Waals surface area contributed by atoms with Crippen molar-refractivity contribution >= 4 is 27.5 Å². The summed E-state index contributed by atoms with van der Waals surface area (Å²) in [5.74, 6) is 0.146. The molecule has 6 nitrogen and oxygen atoms in total. The van der Waals surface area contributed by atoms with Crippen LogP contribution in [0.2, 0.25) is 0 Å². The molecule has 0 unspecified atom stereocenters. The molecule has 26 heavy (non-hydrogen) atoms. The summed E-state index contributed by atoms with van der Waals surface area (Å²) in [7, 11) is 0. The SMILES string of the molecule is CCCn1cc2nc3c(-c4cncc(C#N)c4)cccc3c(N)c2c1O. The maximum atomic E-state index is 10.5. The Kier molecular flexibility index (Phi) is 3.70. The zero-order valence-electron chi connectivity index (χ0n) is 14.3. The number of anilines is 1. The molecule has 3 heterocycles. The van der Waals surface area contributed by atoms with Crippen LogP contribution in [0.1, 0.15) is 18.9 Å². The molecule has 0 radical (unpaired) electrons. The molecule has 0 aliphatic rings. The summed E-state index contributed by atoms with van der Waals surface area (Å²) in [6.45, 7) is 2.74. The number of benzene rings is 1. The summed E-state index contributed by atoms with van der Waals surface area (Å²) in [5.41, 5.74) is 10.4. The second kappa shape index (κ2) is 6.05. The predicted molar refractivity (Wildman–Crippen MR) is 102 cm³/mol. The highest BCUT2D eigenvalue weighted by Crippen LogP contribution is 2.38. The molecule has 0 saturated heterocycles. The highest BCUT2D eigenvalue weighted by atomic mass is 16.3. The van der Waals surface area contributed by atoms with Crippen LogP contribution in [0.4, 0.5) is 5.69 Å². The normalized spacial score (nSPS) is 11.1. The zero-order chi connectivity index (χ0) is 18.3. The van der Waals surface area contributed by atoms with Gasteiger partial charge in [0.2, 0.25) is 5.88 Å². The molecular formula is C20H17N5O. The summed E-state index contributed by atoms with van der Waals surface area (Å²) in [4.78, 5) is 8.90. The Morgan fingerprint density at radius 2 is 2.15 bits per heavy atom. The van der Waals surface area contributed by atoms with Gasteiger partial charge in [0.15, 0.2) is 0 Å². The number of nitrogens with two attached hydrogens (primary N) is 1. The molecule has 1 aromatic carbocycles. The largest absolute Gasteiger partial charge is 0.494 e. The van der Waals surface area contributed by atoms with Gasteiger partial charge in [0, 0.05) is 41.6 Å². The molecule has 0 spiro atoms. The van der Waals surface area contributed by atoms with Crippen LogP contribution in [-0.4, -0.2) is 19.6 Å². The van der Waals surface area contributed by atoms with Crippen molar-refractivity contribution in [2.45, 2.75) is 19.9 Å². The summed E-state index contributed by atoms with van der Waals surface area (Å²) < 4.78 is 1.77. The number of fused-ring (bicyclic) bond motifs is 2. The van der Waals surface area contributed by atoms with Crippen molar-refractivity contribution < 1.29 is 5.11 Å². The molecule has 0 saturated carbocycles. The van der Waals surface area contributed by atoms with E-state index in [1.807, 2.05) is 31.3 Å². The average molecular weight is 343 g/mol. The molecule has 128 valence electrons. The Morgan fingerprint density at radius 1 is 1.31 bits per heavy atom. The van der Waals surface area contributed by atoms with Crippen LogP contribution in [0.15, 0.2) is 42.9 Å². The molecule has 0 atom stereocenters. The van der Waals surface area contributed by atoms with E-state index >= 15 is 0 Å². The standard InChI is InChI=1S/C20H17N5O/c1-2-6-25-11-16-17(20(25)26)18(22)15-5-3-4-14(19(15)24-16)13-7-12(8-21)9-23-10-13/h3-5,7,9-11,26H,2,6,22H2,1H3. The summed E-state index contributed by atoms with van der Waals surface area (Å²) in [6.07, 6.45) is 5.95. The minimum absolute atomic E-state index is 0.146. The Balaban J connectivity index is 2.05. The molecule has 3 aromatic heterocycles. The van der Waals surface area contributed by atoms with Crippen molar-refractivity contribution in [3.8, 4) is 23.1 Å². The van der Waals surface area contributed by atoms with Gasteiger partial charge in [-0.1, -0.05) is 25.1 Å². The van der Waals surface area contributed by atoms with Gasteiger partial charge in [-0.3, -0.25) is 4.98 Å². The number of nitrogen functional groups attached to an aromatic ring is 1. The number of para-hydroxylation sites is 1. The number of nitrogens with zero attached hydrogens (tertiary/aromatic N) is 4. The monoisotopic (exact) mass is 343 g/mol. The number of pyridine rings is 2. The Hall–Kier alpha value is -3.59. The molecule has 0 bridgehead atoms. The van der Waals surface area contributed by atoms with Gasteiger partial charge in [-0.25, -0.2) is 4.98 Å². The molecule has 0 amide bonds. The predicted octanol–water partition coefficient (Wildman–Crippen LogP) is 3.82. The first kappa shape index (κ1) is 15.9. The third-order valence-electron chi connectivity index (χ3n) is 4.50. The molecule has 6 heteroatoms. The van der Waals surface area contributed by atoms with Gasteiger partial charge >= 0.3 is 0 Å². The second-order valence-corrected chi connectivity index (χ2v) is 6.21. The van der Waals surface area contributed by atoms with E-state index in [9.17, 15) is 5.11 Å². The van der Waals surface area contributed by atoms with Gasteiger partial charge in [-0.05, 0) is 12.5 Å². The van der Waals surface area contributed by atoms with E-state index in [1.54, 1.807) is 16.8 Å². The highest BCUT2D eigenvalue weighted by molar-refractivity contribution is 6.12.